The number of anilines is 1. The van der Waals surface area contributed by atoms with Gasteiger partial charge in [0.05, 0.1) is 25.3 Å². The van der Waals surface area contributed by atoms with Crippen LogP contribution in [-0.4, -0.2) is 41.1 Å². The van der Waals surface area contributed by atoms with Gasteiger partial charge in [0, 0.05) is 12.1 Å². The number of piperidine rings is 1. The highest BCUT2D eigenvalue weighted by Gasteiger charge is 2.27. The molecule has 1 fully saturated rings. The third-order valence-electron chi connectivity index (χ3n) is 5.70. The van der Waals surface area contributed by atoms with Gasteiger partial charge in [0.1, 0.15) is 5.75 Å². The van der Waals surface area contributed by atoms with Crippen LogP contribution < -0.4 is 10.1 Å². The van der Waals surface area contributed by atoms with Gasteiger partial charge in [-0.2, -0.15) is 4.98 Å². The largest absolute Gasteiger partial charge is 0.495 e. The number of hydrogen-bond acceptors (Lipinski definition) is 6. The van der Waals surface area contributed by atoms with Crippen LogP contribution in [-0.2, 0) is 11.3 Å². The molecule has 1 saturated heterocycles. The predicted octanol–water partition coefficient (Wildman–Crippen LogP) is 4.21. The van der Waals surface area contributed by atoms with Crippen LogP contribution in [0.5, 0.6) is 5.75 Å². The summed E-state index contributed by atoms with van der Waals surface area (Å²) in [5.74, 6) is 1.75. The van der Waals surface area contributed by atoms with E-state index in [2.05, 4.69) is 20.4 Å². The zero-order chi connectivity index (χ0) is 21.8. The number of likely N-dealkylation sites (tertiary alicyclic amines) is 1. The summed E-state index contributed by atoms with van der Waals surface area (Å²) in [6, 6.07) is 13.8. The fraction of sp³-hybridized carbons (Fsp3) is 0.375. The number of rotatable bonds is 6. The molecule has 162 valence electrons. The number of aryl methyl sites for hydroxylation is 2. The Kier molecular flexibility index (Phi) is 6.32. The third kappa shape index (κ3) is 4.94. The standard InChI is InChI=1S/C24H28N4O3/c1-16-10-11-21(30-3)20(13-16)25-24(29)18-8-6-12-28(14-18)15-22-26-23(27-31-22)19-9-5-4-7-17(19)2/h4-5,7,9-11,13,18H,6,8,12,14-15H2,1-3H3,(H,25,29). The first-order chi connectivity index (χ1) is 15.0. The maximum Gasteiger partial charge on any atom is 0.241 e. The Bertz CT molecular complexity index is 1060. The van der Waals surface area contributed by atoms with Crippen LogP contribution in [0.25, 0.3) is 11.4 Å². The number of carbonyl (C=O) groups is 1. The van der Waals surface area contributed by atoms with E-state index >= 15 is 0 Å². The van der Waals surface area contributed by atoms with Crippen LogP contribution in [0.3, 0.4) is 0 Å². The number of nitrogens with zero attached hydrogens (tertiary/aromatic N) is 3. The van der Waals surface area contributed by atoms with Crippen molar-refractivity contribution in [3.8, 4) is 17.1 Å². The molecule has 2 heterocycles. The number of methoxy groups -OCH3 is 1. The van der Waals surface area contributed by atoms with Gasteiger partial charge in [0.15, 0.2) is 0 Å². The summed E-state index contributed by atoms with van der Waals surface area (Å²) in [6.45, 7) is 6.12. The van der Waals surface area contributed by atoms with Crippen LogP contribution in [0.4, 0.5) is 5.69 Å². The summed E-state index contributed by atoms with van der Waals surface area (Å²) < 4.78 is 10.9. The van der Waals surface area contributed by atoms with Gasteiger partial charge in [-0.3, -0.25) is 9.69 Å². The van der Waals surface area contributed by atoms with Gasteiger partial charge in [0.25, 0.3) is 0 Å². The lowest BCUT2D eigenvalue weighted by Crippen LogP contribution is -2.40. The molecule has 1 aromatic heterocycles. The first-order valence-electron chi connectivity index (χ1n) is 10.6. The SMILES string of the molecule is COc1ccc(C)cc1NC(=O)C1CCCN(Cc2nc(-c3ccccc3C)no2)C1. The summed E-state index contributed by atoms with van der Waals surface area (Å²) in [4.78, 5) is 19.7. The molecule has 1 aliphatic rings. The average molecular weight is 421 g/mol. The minimum atomic E-state index is -0.0993. The van der Waals surface area contributed by atoms with E-state index in [9.17, 15) is 4.79 Å². The monoisotopic (exact) mass is 420 g/mol. The van der Waals surface area contributed by atoms with Gasteiger partial charge in [0.2, 0.25) is 17.6 Å². The molecule has 1 amide bonds. The first-order valence-corrected chi connectivity index (χ1v) is 10.6. The molecule has 0 bridgehead atoms. The fourth-order valence-electron chi connectivity index (χ4n) is 4.01. The van der Waals surface area contributed by atoms with Crippen molar-refractivity contribution in [1.82, 2.24) is 15.0 Å². The Morgan fingerprint density at radius 3 is 2.90 bits per heavy atom. The second kappa shape index (κ2) is 9.31. The zero-order valence-corrected chi connectivity index (χ0v) is 18.2. The summed E-state index contributed by atoms with van der Waals surface area (Å²) in [7, 11) is 1.61. The van der Waals surface area contributed by atoms with Crippen molar-refractivity contribution < 1.29 is 14.1 Å². The second-order valence-corrected chi connectivity index (χ2v) is 8.09. The quantitative estimate of drug-likeness (QED) is 0.643. The smallest absolute Gasteiger partial charge is 0.241 e. The molecule has 0 radical (unpaired) electrons. The van der Waals surface area contributed by atoms with Crippen molar-refractivity contribution in [2.75, 3.05) is 25.5 Å². The van der Waals surface area contributed by atoms with Gasteiger partial charge in [-0.1, -0.05) is 35.5 Å². The normalized spacial score (nSPS) is 16.8. The number of nitrogens with one attached hydrogen (secondary N) is 1. The lowest BCUT2D eigenvalue weighted by Gasteiger charge is -2.31. The van der Waals surface area contributed by atoms with E-state index in [1.54, 1.807) is 7.11 Å². The molecular formula is C24H28N4O3. The summed E-state index contributed by atoms with van der Waals surface area (Å²) in [5.41, 5.74) is 3.86. The summed E-state index contributed by atoms with van der Waals surface area (Å²) in [6.07, 6.45) is 1.80. The average Bonchev–Trinajstić information content (AvgIpc) is 3.22. The molecular weight excluding hydrogens is 392 g/mol. The van der Waals surface area contributed by atoms with Crippen LogP contribution >= 0.6 is 0 Å². The fourth-order valence-corrected chi connectivity index (χ4v) is 4.01. The highest BCUT2D eigenvalue weighted by molar-refractivity contribution is 5.94. The molecule has 7 heteroatoms. The number of ether oxygens (including phenoxy) is 1. The Balaban J connectivity index is 1.40. The van der Waals surface area contributed by atoms with E-state index in [-0.39, 0.29) is 11.8 Å². The molecule has 0 aliphatic carbocycles. The Labute approximate surface area is 182 Å². The third-order valence-corrected chi connectivity index (χ3v) is 5.70. The molecule has 0 saturated carbocycles. The molecule has 4 rings (SSSR count). The lowest BCUT2D eigenvalue weighted by molar-refractivity contribution is -0.121. The Hall–Kier alpha value is -3.19. The highest BCUT2D eigenvalue weighted by Crippen LogP contribution is 2.27. The number of benzene rings is 2. The van der Waals surface area contributed by atoms with Crippen molar-refractivity contribution in [3.63, 3.8) is 0 Å². The van der Waals surface area contributed by atoms with Gasteiger partial charge in [-0.05, 0) is 56.5 Å². The first kappa shape index (κ1) is 21.1. The number of hydrogen-bond donors (Lipinski definition) is 1. The molecule has 3 aromatic rings. The van der Waals surface area contributed by atoms with Crippen LogP contribution in [0, 0.1) is 19.8 Å². The Morgan fingerprint density at radius 2 is 2.10 bits per heavy atom. The van der Waals surface area contributed by atoms with Gasteiger partial charge in [-0.25, -0.2) is 0 Å². The topological polar surface area (TPSA) is 80.5 Å². The van der Waals surface area contributed by atoms with E-state index in [0.717, 1.165) is 36.1 Å². The minimum absolute atomic E-state index is 0.0136. The van der Waals surface area contributed by atoms with Crippen molar-refractivity contribution in [1.29, 1.82) is 0 Å². The van der Waals surface area contributed by atoms with Crippen LogP contribution in [0.2, 0.25) is 0 Å². The maximum atomic E-state index is 12.9. The molecule has 7 nitrogen and oxygen atoms in total. The number of amides is 1. The molecule has 31 heavy (non-hydrogen) atoms. The van der Waals surface area contributed by atoms with E-state index in [0.29, 0.717) is 36.2 Å². The van der Waals surface area contributed by atoms with Crippen molar-refractivity contribution in [2.45, 2.75) is 33.2 Å². The Morgan fingerprint density at radius 1 is 1.26 bits per heavy atom. The minimum Gasteiger partial charge on any atom is -0.495 e. The van der Waals surface area contributed by atoms with Crippen LogP contribution in [0.15, 0.2) is 47.0 Å². The molecule has 2 aromatic carbocycles. The van der Waals surface area contributed by atoms with Gasteiger partial charge < -0.3 is 14.6 Å². The molecule has 1 unspecified atom stereocenters. The predicted molar refractivity (Wildman–Crippen MR) is 119 cm³/mol. The van der Waals surface area contributed by atoms with Gasteiger partial charge in [-0.15, -0.1) is 0 Å². The van der Waals surface area contributed by atoms with E-state index in [1.165, 1.54) is 0 Å². The lowest BCUT2D eigenvalue weighted by atomic mass is 9.97. The maximum absolute atomic E-state index is 12.9. The van der Waals surface area contributed by atoms with Crippen molar-refractivity contribution in [3.05, 3.63) is 59.5 Å². The number of carbonyl (C=O) groups excluding carboxylic acids is 1. The number of aromatic nitrogens is 2. The van der Waals surface area contributed by atoms with Crippen molar-refractivity contribution >= 4 is 11.6 Å². The molecule has 1 N–H and O–H groups in total. The molecule has 1 atom stereocenters. The van der Waals surface area contributed by atoms with E-state index in [4.69, 9.17) is 9.26 Å². The van der Waals surface area contributed by atoms with Gasteiger partial charge >= 0.3 is 0 Å². The highest BCUT2D eigenvalue weighted by atomic mass is 16.5. The summed E-state index contributed by atoms with van der Waals surface area (Å²) >= 11 is 0. The second-order valence-electron chi connectivity index (χ2n) is 8.09. The zero-order valence-electron chi connectivity index (χ0n) is 18.2. The van der Waals surface area contributed by atoms with E-state index < -0.39 is 0 Å². The van der Waals surface area contributed by atoms with Crippen molar-refractivity contribution in [2.24, 2.45) is 5.92 Å². The van der Waals surface area contributed by atoms with E-state index in [1.807, 2.05) is 56.3 Å². The van der Waals surface area contributed by atoms with Crippen LogP contribution in [0.1, 0.15) is 29.9 Å². The molecule has 1 aliphatic heterocycles. The summed E-state index contributed by atoms with van der Waals surface area (Å²) in [5, 5.41) is 7.19. The molecule has 0 spiro atoms.